The van der Waals surface area contributed by atoms with Gasteiger partial charge >= 0.3 is 0 Å². The van der Waals surface area contributed by atoms with Crippen LogP contribution in [-0.2, 0) is 0 Å². The Balaban J connectivity index is 2.03. The van der Waals surface area contributed by atoms with Crippen molar-refractivity contribution in [3.63, 3.8) is 0 Å². The van der Waals surface area contributed by atoms with Crippen molar-refractivity contribution < 1.29 is 4.39 Å². The van der Waals surface area contributed by atoms with Crippen molar-refractivity contribution in [3.8, 4) is 17.3 Å². The van der Waals surface area contributed by atoms with Crippen LogP contribution in [-0.4, -0.2) is 22.0 Å². The topological polar surface area (TPSA) is 86.5 Å². The Morgan fingerprint density at radius 3 is 2.62 bits per heavy atom. The SMILES string of the molecule is CNc1nc(Nc2cccc(F)c2C#N)cc(-c2ccncc2)n1. The molecule has 0 atom stereocenters. The van der Waals surface area contributed by atoms with Crippen molar-refractivity contribution in [2.45, 2.75) is 0 Å². The van der Waals surface area contributed by atoms with E-state index in [1.165, 1.54) is 12.1 Å². The van der Waals surface area contributed by atoms with Crippen molar-refractivity contribution in [2.24, 2.45) is 0 Å². The minimum atomic E-state index is -0.584. The molecule has 0 spiro atoms. The number of hydrogen-bond donors (Lipinski definition) is 2. The lowest BCUT2D eigenvalue weighted by Crippen LogP contribution is -2.03. The van der Waals surface area contributed by atoms with E-state index in [1.807, 2.05) is 18.2 Å². The molecule has 6 nitrogen and oxygen atoms in total. The number of benzene rings is 1. The second-order valence-corrected chi connectivity index (χ2v) is 4.85. The highest BCUT2D eigenvalue weighted by Gasteiger charge is 2.11. The van der Waals surface area contributed by atoms with Crippen molar-refractivity contribution in [1.29, 1.82) is 5.26 Å². The molecule has 7 heteroatoms. The van der Waals surface area contributed by atoms with Gasteiger partial charge in [0, 0.05) is 31.1 Å². The minimum Gasteiger partial charge on any atom is -0.357 e. The van der Waals surface area contributed by atoms with E-state index in [1.54, 1.807) is 31.6 Å². The number of halogens is 1. The summed E-state index contributed by atoms with van der Waals surface area (Å²) in [7, 11) is 1.71. The number of rotatable bonds is 4. The van der Waals surface area contributed by atoms with Gasteiger partial charge in [0.2, 0.25) is 5.95 Å². The molecule has 0 saturated heterocycles. The molecule has 118 valence electrons. The first kappa shape index (κ1) is 15.4. The summed E-state index contributed by atoms with van der Waals surface area (Å²) in [6.45, 7) is 0. The lowest BCUT2D eigenvalue weighted by atomic mass is 10.1. The number of nitrogens with zero attached hydrogens (tertiary/aromatic N) is 4. The first-order valence-corrected chi connectivity index (χ1v) is 7.14. The van der Waals surface area contributed by atoms with Crippen molar-refractivity contribution in [3.05, 3.63) is 60.2 Å². The molecule has 0 aliphatic heterocycles. The summed E-state index contributed by atoms with van der Waals surface area (Å²) in [6, 6.07) is 11.6. The molecule has 0 saturated carbocycles. The van der Waals surface area contributed by atoms with Crippen LogP contribution < -0.4 is 10.6 Å². The molecule has 3 aromatic rings. The van der Waals surface area contributed by atoms with Crippen LogP contribution in [0.4, 0.5) is 21.8 Å². The standard InChI is InChI=1S/C17H13FN6/c1-20-17-23-15(11-5-7-21-8-6-11)9-16(24-17)22-14-4-2-3-13(18)12(14)10-19/h2-9H,1H3,(H2,20,22,23,24). The molecule has 0 bridgehead atoms. The highest BCUT2D eigenvalue weighted by molar-refractivity contribution is 5.69. The maximum Gasteiger partial charge on any atom is 0.224 e. The van der Waals surface area contributed by atoms with E-state index in [4.69, 9.17) is 5.26 Å². The molecule has 0 unspecified atom stereocenters. The van der Waals surface area contributed by atoms with Gasteiger partial charge in [-0.3, -0.25) is 4.98 Å². The Morgan fingerprint density at radius 2 is 1.92 bits per heavy atom. The zero-order chi connectivity index (χ0) is 16.9. The van der Waals surface area contributed by atoms with Gasteiger partial charge in [0.25, 0.3) is 0 Å². The van der Waals surface area contributed by atoms with E-state index >= 15 is 0 Å². The Morgan fingerprint density at radius 1 is 1.12 bits per heavy atom. The maximum atomic E-state index is 13.7. The molecule has 1 aromatic carbocycles. The lowest BCUT2D eigenvalue weighted by molar-refractivity contribution is 0.624. The Bertz CT molecular complexity index is 905. The molecule has 24 heavy (non-hydrogen) atoms. The number of nitrogens with one attached hydrogen (secondary N) is 2. The molecule has 2 N–H and O–H groups in total. The predicted molar refractivity (Wildman–Crippen MR) is 89.2 cm³/mol. The monoisotopic (exact) mass is 320 g/mol. The van der Waals surface area contributed by atoms with E-state index in [9.17, 15) is 4.39 Å². The molecular weight excluding hydrogens is 307 g/mol. The van der Waals surface area contributed by atoms with Crippen LogP contribution in [0.1, 0.15) is 5.56 Å². The molecule has 0 fully saturated rings. The van der Waals surface area contributed by atoms with Crippen molar-refractivity contribution in [1.82, 2.24) is 15.0 Å². The largest absolute Gasteiger partial charge is 0.357 e. The van der Waals surface area contributed by atoms with Gasteiger partial charge in [0.15, 0.2) is 0 Å². The van der Waals surface area contributed by atoms with Gasteiger partial charge in [-0.2, -0.15) is 10.2 Å². The molecule has 2 aromatic heterocycles. The van der Waals surface area contributed by atoms with Crippen LogP contribution in [0.2, 0.25) is 0 Å². The Labute approximate surface area is 138 Å². The summed E-state index contributed by atoms with van der Waals surface area (Å²) in [5.74, 6) is 0.268. The number of nitriles is 1. The van der Waals surface area contributed by atoms with E-state index < -0.39 is 5.82 Å². The van der Waals surface area contributed by atoms with Crippen LogP contribution in [0.25, 0.3) is 11.3 Å². The average Bonchev–Trinajstić information content (AvgIpc) is 2.62. The van der Waals surface area contributed by atoms with Gasteiger partial charge in [0.05, 0.1) is 11.4 Å². The average molecular weight is 320 g/mol. The summed E-state index contributed by atoms with van der Waals surface area (Å²) in [6.07, 6.45) is 3.34. The molecule has 0 amide bonds. The van der Waals surface area contributed by atoms with E-state index in [0.29, 0.717) is 23.1 Å². The number of hydrogen-bond acceptors (Lipinski definition) is 6. The third-order valence-corrected chi connectivity index (χ3v) is 3.31. The number of anilines is 3. The molecule has 0 radical (unpaired) electrons. The summed E-state index contributed by atoms with van der Waals surface area (Å²) in [5, 5.41) is 15.0. The second kappa shape index (κ2) is 6.71. The zero-order valence-electron chi connectivity index (χ0n) is 12.8. The maximum absolute atomic E-state index is 13.7. The van der Waals surface area contributed by atoms with Crippen LogP contribution in [0.15, 0.2) is 48.8 Å². The minimum absolute atomic E-state index is 0.0624. The van der Waals surface area contributed by atoms with Crippen LogP contribution in [0.3, 0.4) is 0 Å². The Kier molecular flexibility index (Phi) is 4.29. The first-order valence-electron chi connectivity index (χ1n) is 7.14. The van der Waals surface area contributed by atoms with E-state index in [2.05, 4.69) is 25.6 Å². The smallest absolute Gasteiger partial charge is 0.224 e. The van der Waals surface area contributed by atoms with Crippen molar-refractivity contribution in [2.75, 3.05) is 17.7 Å². The van der Waals surface area contributed by atoms with Gasteiger partial charge in [-0.1, -0.05) is 6.07 Å². The quantitative estimate of drug-likeness (QED) is 0.767. The van der Waals surface area contributed by atoms with Crippen LogP contribution in [0.5, 0.6) is 0 Å². The highest BCUT2D eigenvalue weighted by atomic mass is 19.1. The summed E-state index contributed by atoms with van der Waals surface area (Å²) < 4.78 is 13.7. The fourth-order valence-electron chi connectivity index (χ4n) is 2.17. The molecule has 0 aliphatic carbocycles. The third-order valence-electron chi connectivity index (χ3n) is 3.31. The van der Waals surface area contributed by atoms with Crippen LogP contribution >= 0.6 is 0 Å². The van der Waals surface area contributed by atoms with Gasteiger partial charge in [-0.05, 0) is 24.3 Å². The van der Waals surface area contributed by atoms with Crippen LogP contribution in [0, 0.1) is 17.1 Å². The predicted octanol–water partition coefficient (Wildman–Crippen LogP) is 3.33. The first-order chi connectivity index (χ1) is 11.7. The fraction of sp³-hybridized carbons (Fsp3) is 0.0588. The normalized spacial score (nSPS) is 10.0. The lowest BCUT2D eigenvalue weighted by Gasteiger charge is -2.11. The summed E-state index contributed by atoms with van der Waals surface area (Å²) in [4.78, 5) is 12.7. The summed E-state index contributed by atoms with van der Waals surface area (Å²) >= 11 is 0. The molecule has 0 aliphatic rings. The zero-order valence-corrected chi connectivity index (χ0v) is 12.8. The van der Waals surface area contributed by atoms with Gasteiger partial charge < -0.3 is 10.6 Å². The Hall–Kier alpha value is -3.53. The van der Waals surface area contributed by atoms with Gasteiger partial charge in [0.1, 0.15) is 23.3 Å². The van der Waals surface area contributed by atoms with E-state index in [0.717, 1.165) is 5.56 Å². The second-order valence-electron chi connectivity index (χ2n) is 4.85. The van der Waals surface area contributed by atoms with E-state index in [-0.39, 0.29) is 5.56 Å². The van der Waals surface area contributed by atoms with Gasteiger partial charge in [-0.25, -0.2) is 9.37 Å². The summed E-state index contributed by atoms with van der Waals surface area (Å²) in [5.41, 5.74) is 1.83. The molecular formula is C17H13FN6. The van der Waals surface area contributed by atoms with Gasteiger partial charge in [-0.15, -0.1) is 0 Å². The van der Waals surface area contributed by atoms with Crippen molar-refractivity contribution >= 4 is 17.5 Å². The fourth-order valence-corrected chi connectivity index (χ4v) is 2.17. The third kappa shape index (κ3) is 3.13. The molecule has 2 heterocycles. The molecule has 3 rings (SSSR count). The highest BCUT2D eigenvalue weighted by Crippen LogP contribution is 2.25. The number of aromatic nitrogens is 3. The number of pyridine rings is 1.